The fraction of sp³-hybridized carbons (Fsp3) is 0.333. The topological polar surface area (TPSA) is 75.8 Å². The number of unbranched alkanes of at least 4 members (excludes halogenated alkanes) is 1. The number of benzene rings is 1. The lowest BCUT2D eigenvalue weighted by Crippen LogP contribution is -2.30. The van der Waals surface area contributed by atoms with Crippen molar-refractivity contribution < 1.29 is 9.72 Å². The molecule has 1 aromatic carbocycles. The molecule has 1 aliphatic heterocycles. The number of carbonyl (C=O) groups is 1. The van der Waals surface area contributed by atoms with Gasteiger partial charge in [0, 0.05) is 24.1 Å². The van der Waals surface area contributed by atoms with E-state index in [4.69, 9.17) is 11.6 Å². The zero-order valence-corrected chi connectivity index (χ0v) is 12.8. The summed E-state index contributed by atoms with van der Waals surface area (Å²) in [6.07, 6.45) is 1.78. The van der Waals surface area contributed by atoms with Gasteiger partial charge in [0.1, 0.15) is 11.6 Å². The summed E-state index contributed by atoms with van der Waals surface area (Å²) < 4.78 is 0. The largest absolute Gasteiger partial charge is 0.297 e. The summed E-state index contributed by atoms with van der Waals surface area (Å²) in [5.41, 5.74) is 0.761. The average molecular weight is 320 g/mol. The van der Waals surface area contributed by atoms with Gasteiger partial charge in [-0.05, 0) is 12.5 Å². The maximum absolute atomic E-state index is 11.8. The van der Waals surface area contributed by atoms with Gasteiger partial charge in [0.25, 0.3) is 5.69 Å². The molecule has 114 valence electrons. The first-order valence-electron chi connectivity index (χ1n) is 6.80. The maximum Gasteiger partial charge on any atom is 0.288 e. The van der Waals surface area contributed by atoms with Crippen molar-refractivity contribution in [3.05, 3.63) is 38.9 Å². The van der Waals surface area contributed by atoms with Crippen molar-refractivity contribution in [1.82, 2.24) is 5.01 Å². The number of hydrazone groups is 1. The average Bonchev–Trinajstić information content (AvgIpc) is 2.47. The van der Waals surface area contributed by atoms with Crippen LogP contribution in [0.4, 0.5) is 5.69 Å². The molecule has 1 heterocycles. The molecule has 1 aromatic rings. The molecule has 2 rings (SSSR count). The van der Waals surface area contributed by atoms with Crippen LogP contribution in [0.1, 0.15) is 31.7 Å². The summed E-state index contributed by atoms with van der Waals surface area (Å²) in [4.78, 5) is 22.2. The summed E-state index contributed by atoms with van der Waals surface area (Å²) in [6, 6.07) is 7.20. The van der Waals surface area contributed by atoms with Gasteiger partial charge in [-0.15, -0.1) is 0 Å². The standard InChI is InChI=1S/C15H14ClN3O3/c1-2-3-4-7-18-10-12(20)9-14(17-18)11-5-6-13(16)15(8-11)19(21)22/h5-6,8H,2-3,9-10H2,1H3. The lowest BCUT2D eigenvalue weighted by atomic mass is 10.0. The molecule has 0 spiro atoms. The molecule has 1 aliphatic rings. The van der Waals surface area contributed by atoms with Crippen molar-refractivity contribution in [2.24, 2.45) is 5.10 Å². The molecule has 0 aliphatic carbocycles. The SMILES string of the molecule is CCCC#CN1CC(=O)CC(c2ccc(Cl)c([N+](=O)[O-])c2)=N1. The van der Waals surface area contributed by atoms with E-state index in [0.29, 0.717) is 11.3 Å². The third-order valence-electron chi connectivity index (χ3n) is 2.99. The number of nitro benzene ring substituents is 1. The van der Waals surface area contributed by atoms with Gasteiger partial charge in [-0.1, -0.05) is 30.5 Å². The van der Waals surface area contributed by atoms with Crippen molar-refractivity contribution in [1.29, 1.82) is 0 Å². The number of Topliss-reactive ketones (excluding diaryl/α,β-unsaturated/α-hetero) is 1. The highest BCUT2D eigenvalue weighted by molar-refractivity contribution is 6.32. The highest BCUT2D eigenvalue weighted by Crippen LogP contribution is 2.26. The van der Waals surface area contributed by atoms with Gasteiger partial charge < -0.3 is 0 Å². The quantitative estimate of drug-likeness (QED) is 0.487. The molecule has 0 radical (unpaired) electrons. The van der Waals surface area contributed by atoms with Gasteiger partial charge in [-0.3, -0.25) is 14.9 Å². The predicted octanol–water partition coefficient (Wildman–Crippen LogP) is 2.99. The molecule has 0 N–H and O–H groups in total. The highest BCUT2D eigenvalue weighted by Gasteiger charge is 2.22. The van der Waals surface area contributed by atoms with Crippen LogP contribution in [0, 0.1) is 22.1 Å². The van der Waals surface area contributed by atoms with Crippen molar-refractivity contribution in [2.75, 3.05) is 6.54 Å². The third kappa shape index (κ3) is 3.83. The Bertz CT molecular complexity index is 704. The first kappa shape index (κ1) is 16.0. The number of nitro groups is 1. The lowest BCUT2D eigenvalue weighted by molar-refractivity contribution is -0.384. The summed E-state index contributed by atoms with van der Waals surface area (Å²) in [6.45, 7) is 2.15. The minimum Gasteiger partial charge on any atom is -0.297 e. The molecule has 6 nitrogen and oxygen atoms in total. The molecule has 0 fully saturated rings. The van der Waals surface area contributed by atoms with Crippen LogP contribution >= 0.6 is 11.6 Å². The second-order valence-electron chi connectivity index (χ2n) is 4.78. The van der Waals surface area contributed by atoms with E-state index in [1.165, 1.54) is 17.1 Å². The Hall–Kier alpha value is -2.39. The van der Waals surface area contributed by atoms with Gasteiger partial charge in [-0.2, -0.15) is 5.10 Å². The van der Waals surface area contributed by atoms with Crippen molar-refractivity contribution >= 4 is 28.8 Å². The molecule has 0 unspecified atom stereocenters. The van der Waals surface area contributed by atoms with E-state index >= 15 is 0 Å². The van der Waals surface area contributed by atoms with Crippen molar-refractivity contribution in [3.63, 3.8) is 0 Å². The Labute approximate surface area is 132 Å². The van der Waals surface area contributed by atoms with Gasteiger partial charge in [-0.25, -0.2) is 5.01 Å². The molecule has 7 heteroatoms. The molecule has 0 saturated carbocycles. The number of nitrogens with zero attached hydrogens (tertiary/aromatic N) is 3. The van der Waals surface area contributed by atoms with E-state index in [0.717, 1.165) is 12.8 Å². The zero-order chi connectivity index (χ0) is 16.1. The molecule has 0 aromatic heterocycles. The normalized spacial score (nSPS) is 14.2. The minimum absolute atomic E-state index is 0.0339. The summed E-state index contributed by atoms with van der Waals surface area (Å²) >= 11 is 5.79. The number of hydrogen-bond acceptors (Lipinski definition) is 5. The van der Waals surface area contributed by atoms with Crippen LogP contribution in [0.2, 0.25) is 5.02 Å². The van der Waals surface area contributed by atoms with Crippen LogP contribution in [0.5, 0.6) is 0 Å². The van der Waals surface area contributed by atoms with Crippen LogP contribution in [0.15, 0.2) is 23.3 Å². The van der Waals surface area contributed by atoms with Gasteiger partial charge in [0.05, 0.1) is 17.1 Å². The van der Waals surface area contributed by atoms with Crippen LogP contribution in [-0.2, 0) is 4.79 Å². The Kier molecular flexibility index (Phi) is 5.12. The van der Waals surface area contributed by atoms with Gasteiger partial charge in [0.15, 0.2) is 5.78 Å². The van der Waals surface area contributed by atoms with Crippen LogP contribution in [0.3, 0.4) is 0 Å². The Morgan fingerprint density at radius 2 is 2.27 bits per heavy atom. The molecule has 0 amide bonds. The zero-order valence-electron chi connectivity index (χ0n) is 12.0. The third-order valence-corrected chi connectivity index (χ3v) is 3.31. The Morgan fingerprint density at radius 3 is 2.95 bits per heavy atom. The smallest absolute Gasteiger partial charge is 0.288 e. The van der Waals surface area contributed by atoms with Crippen molar-refractivity contribution in [3.8, 4) is 12.0 Å². The molecule has 0 atom stereocenters. The number of rotatable bonds is 3. The molecule has 0 saturated heterocycles. The first-order valence-corrected chi connectivity index (χ1v) is 7.18. The fourth-order valence-electron chi connectivity index (χ4n) is 1.95. The number of halogens is 1. The van der Waals surface area contributed by atoms with E-state index in [1.54, 1.807) is 6.07 Å². The van der Waals surface area contributed by atoms with Gasteiger partial charge in [0.2, 0.25) is 0 Å². The van der Waals surface area contributed by atoms with Gasteiger partial charge >= 0.3 is 0 Å². The van der Waals surface area contributed by atoms with Crippen LogP contribution in [-0.4, -0.2) is 28.0 Å². The van der Waals surface area contributed by atoms with Crippen LogP contribution < -0.4 is 0 Å². The number of carbonyl (C=O) groups excluding carboxylic acids is 1. The first-order chi connectivity index (χ1) is 10.5. The highest BCUT2D eigenvalue weighted by atomic mass is 35.5. The van der Waals surface area contributed by atoms with E-state index in [-0.39, 0.29) is 29.5 Å². The minimum atomic E-state index is -0.560. The summed E-state index contributed by atoms with van der Waals surface area (Å²) in [5.74, 6) is 2.89. The molecule has 22 heavy (non-hydrogen) atoms. The summed E-state index contributed by atoms with van der Waals surface area (Å²) in [7, 11) is 0. The predicted molar refractivity (Wildman–Crippen MR) is 83.7 cm³/mol. The number of hydrogen-bond donors (Lipinski definition) is 0. The number of ketones is 1. The lowest BCUT2D eigenvalue weighted by Gasteiger charge is -2.19. The fourth-order valence-corrected chi connectivity index (χ4v) is 2.14. The molecular weight excluding hydrogens is 306 g/mol. The summed E-state index contributed by atoms with van der Waals surface area (Å²) in [5, 5.41) is 16.7. The second kappa shape index (κ2) is 7.05. The second-order valence-corrected chi connectivity index (χ2v) is 5.19. The molecule has 0 bridgehead atoms. The monoisotopic (exact) mass is 319 g/mol. The van der Waals surface area contributed by atoms with E-state index < -0.39 is 4.92 Å². The Morgan fingerprint density at radius 1 is 1.50 bits per heavy atom. The van der Waals surface area contributed by atoms with E-state index in [2.05, 4.69) is 17.1 Å². The maximum atomic E-state index is 11.8. The Balaban J connectivity index is 2.34. The van der Waals surface area contributed by atoms with E-state index in [9.17, 15) is 14.9 Å². The van der Waals surface area contributed by atoms with E-state index in [1.807, 2.05) is 6.92 Å². The molecular formula is C15H14ClN3O3. The van der Waals surface area contributed by atoms with Crippen molar-refractivity contribution in [2.45, 2.75) is 26.2 Å². The van der Waals surface area contributed by atoms with Crippen LogP contribution in [0.25, 0.3) is 0 Å².